The zero-order valence-corrected chi connectivity index (χ0v) is 24.5. The summed E-state index contributed by atoms with van der Waals surface area (Å²) in [7, 11) is 1.53. The van der Waals surface area contributed by atoms with E-state index in [9.17, 15) is 24.1 Å². The second-order valence-corrected chi connectivity index (χ2v) is 10.2. The number of nitro benzene ring substituents is 1. The number of methoxy groups -OCH3 is 1. The first-order valence-corrected chi connectivity index (χ1v) is 13.9. The lowest BCUT2D eigenvalue weighted by atomic mass is 10.2. The molecule has 0 saturated carbocycles. The number of nitrogens with one attached hydrogen (secondary N) is 1. The van der Waals surface area contributed by atoms with Crippen LogP contribution in [0.15, 0.2) is 99.2 Å². The van der Waals surface area contributed by atoms with E-state index in [1.165, 1.54) is 31.5 Å². The van der Waals surface area contributed by atoms with Crippen LogP contribution in [0.1, 0.15) is 5.56 Å². The van der Waals surface area contributed by atoms with E-state index < -0.39 is 34.5 Å². The number of ether oxygens (including phenoxy) is 2. The Labute approximate surface area is 263 Å². The quantitative estimate of drug-likeness (QED) is 0.108. The summed E-state index contributed by atoms with van der Waals surface area (Å²) in [4.78, 5) is 41.8. The first-order chi connectivity index (χ1) is 22.2. The Morgan fingerprint density at radius 3 is 2.65 bits per heavy atom. The van der Waals surface area contributed by atoms with Crippen LogP contribution in [0, 0.1) is 15.9 Å². The van der Waals surface area contributed by atoms with Crippen LogP contribution in [-0.4, -0.2) is 40.4 Å². The van der Waals surface area contributed by atoms with Gasteiger partial charge in [-0.25, -0.2) is 9.37 Å². The molecule has 2 heterocycles. The summed E-state index contributed by atoms with van der Waals surface area (Å²) in [5.41, 5.74) is 0.301. The number of aromatic nitrogens is 2. The van der Waals surface area contributed by atoms with Gasteiger partial charge in [-0.15, -0.1) is 0 Å². The van der Waals surface area contributed by atoms with E-state index in [0.717, 1.165) is 22.9 Å². The number of carbonyl (C=O) groups is 1. The molecule has 14 heteroatoms. The summed E-state index contributed by atoms with van der Waals surface area (Å²) in [6, 6.07) is 21.1. The van der Waals surface area contributed by atoms with Gasteiger partial charge in [0.1, 0.15) is 17.1 Å². The highest BCUT2D eigenvalue weighted by Gasteiger charge is 2.22. The Balaban J connectivity index is 1.35. The molecule has 12 nitrogen and oxygen atoms in total. The fourth-order valence-electron chi connectivity index (χ4n) is 4.66. The van der Waals surface area contributed by atoms with Crippen molar-refractivity contribution in [2.24, 2.45) is 5.10 Å². The number of carbonyl (C=O) groups excluding carboxylic acids is 1. The fourth-order valence-corrected chi connectivity index (χ4v) is 4.93. The summed E-state index contributed by atoms with van der Waals surface area (Å²) in [5, 5.41) is 19.5. The number of amides is 1. The standard InChI is InChI=1S/C32H21ClFN5O7/c1-44-26-7-4-8-27-22(26)15-28(46-27)31-37-24-6-3-2-5-21(24)32(41)38(31)35-16-18-13-23(33)30(25(14-18)39(42)43)45-17-29(40)36-20-11-9-19(34)10-12-20/h2-16H,17H2,1H3,(H,36,40). The van der Waals surface area contributed by atoms with E-state index >= 15 is 0 Å². The van der Waals surface area contributed by atoms with Gasteiger partial charge in [0.05, 0.1) is 39.6 Å². The summed E-state index contributed by atoms with van der Waals surface area (Å²) >= 11 is 6.36. The van der Waals surface area contributed by atoms with Crippen LogP contribution in [0.3, 0.4) is 0 Å². The first-order valence-electron chi connectivity index (χ1n) is 13.5. The molecule has 0 saturated heterocycles. The third-order valence-corrected chi connectivity index (χ3v) is 7.04. The lowest BCUT2D eigenvalue weighted by Crippen LogP contribution is -2.20. The van der Waals surface area contributed by atoms with Crippen molar-refractivity contribution in [2.45, 2.75) is 0 Å². The van der Waals surface area contributed by atoms with Gasteiger partial charge in [0.25, 0.3) is 11.5 Å². The molecular weight excluding hydrogens is 621 g/mol. The Bertz CT molecular complexity index is 2230. The molecule has 2 aromatic heterocycles. The minimum absolute atomic E-state index is 0.0749. The molecule has 0 unspecified atom stereocenters. The molecule has 0 spiro atoms. The van der Waals surface area contributed by atoms with Gasteiger partial charge in [-0.3, -0.25) is 19.7 Å². The molecule has 230 valence electrons. The number of benzene rings is 4. The van der Waals surface area contributed by atoms with Gasteiger partial charge in [-0.2, -0.15) is 9.78 Å². The normalized spacial score (nSPS) is 11.3. The van der Waals surface area contributed by atoms with Gasteiger partial charge >= 0.3 is 5.69 Å². The van der Waals surface area contributed by atoms with E-state index in [0.29, 0.717) is 27.9 Å². The molecule has 6 rings (SSSR count). The van der Waals surface area contributed by atoms with Crippen LogP contribution in [0.4, 0.5) is 15.8 Å². The number of fused-ring (bicyclic) bond motifs is 2. The maximum absolute atomic E-state index is 13.6. The van der Waals surface area contributed by atoms with Crippen molar-refractivity contribution in [1.82, 2.24) is 9.66 Å². The number of para-hydroxylation sites is 1. The Morgan fingerprint density at radius 1 is 1.11 bits per heavy atom. The minimum atomic E-state index is -0.729. The van der Waals surface area contributed by atoms with Crippen molar-refractivity contribution in [3.05, 3.63) is 122 Å². The van der Waals surface area contributed by atoms with Crippen molar-refractivity contribution >= 4 is 57.0 Å². The number of hydrogen-bond donors (Lipinski definition) is 1. The average molecular weight is 642 g/mol. The maximum atomic E-state index is 13.6. The third-order valence-electron chi connectivity index (χ3n) is 6.76. The van der Waals surface area contributed by atoms with Crippen molar-refractivity contribution in [1.29, 1.82) is 0 Å². The van der Waals surface area contributed by atoms with Crippen LogP contribution < -0.4 is 20.3 Å². The molecule has 46 heavy (non-hydrogen) atoms. The van der Waals surface area contributed by atoms with Crippen LogP contribution in [0.25, 0.3) is 33.5 Å². The van der Waals surface area contributed by atoms with E-state index in [2.05, 4.69) is 15.4 Å². The number of nitrogens with zero attached hydrogens (tertiary/aromatic N) is 4. The first kappa shape index (κ1) is 30.0. The van der Waals surface area contributed by atoms with Gasteiger partial charge in [0, 0.05) is 17.3 Å². The number of hydrogen-bond acceptors (Lipinski definition) is 9. The Kier molecular flexibility index (Phi) is 8.14. The van der Waals surface area contributed by atoms with Gasteiger partial charge < -0.3 is 19.2 Å². The minimum Gasteiger partial charge on any atom is -0.496 e. The van der Waals surface area contributed by atoms with Crippen molar-refractivity contribution in [3.8, 4) is 23.1 Å². The largest absolute Gasteiger partial charge is 0.496 e. The maximum Gasteiger partial charge on any atom is 0.313 e. The zero-order valence-electron chi connectivity index (χ0n) is 23.8. The number of anilines is 1. The van der Waals surface area contributed by atoms with Gasteiger partial charge in [0.2, 0.25) is 11.6 Å². The molecule has 0 aliphatic carbocycles. The second kappa shape index (κ2) is 12.5. The number of halogens is 2. The lowest BCUT2D eigenvalue weighted by molar-refractivity contribution is -0.385. The zero-order chi connectivity index (χ0) is 32.4. The molecule has 1 amide bonds. The summed E-state index contributed by atoms with van der Waals surface area (Å²) in [6.45, 7) is -0.616. The molecule has 0 aliphatic heterocycles. The molecule has 1 N–H and O–H groups in total. The van der Waals surface area contributed by atoms with Gasteiger partial charge in [0.15, 0.2) is 12.4 Å². The Hall–Kier alpha value is -6.08. The number of rotatable bonds is 9. The third kappa shape index (κ3) is 5.99. The van der Waals surface area contributed by atoms with E-state index in [-0.39, 0.29) is 33.3 Å². The predicted octanol–water partition coefficient (Wildman–Crippen LogP) is 6.42. The molecule has 0 fully saturated rings. The van der Waals surface area contributed by atoms with E-state index in [1.807, 2.05) is 0 Å². The topological polar surface area (TPSA) is 151 Å². The number of furan rings is 1. The monoisotopic (exact) mass is 641 g/mol. The molecule has 0 atom stereocenters. The van der Waals surface area contributed by atoms with Gasteiger partial charge in [-0.05, 0) is 60.7 Å². The lowest BCUT2D eigenvalue weighted by Gasteiger charge is -2.10. The second-order valence-electron chi connectivity index (χ2n) is 9.75. The molecular formula is C32H21ClFN5O7. The van der Waals surface area contributed by atoms with E-state index in [1.54, 1.807) is 48.5 Å². The molecule has 4 aromatic carbocycles. The molecule has 0 radical (unpaired) electrons. The van der Waals surface area contributed by atoms with Crippen molar-refractivity contribution in [3.63, 3.8) is 0 Å². The number of nitro groups is 1. The molecule has 0 bridgehead atoms. The van der Waals surface area contributed by atoms with Crippen molar-refractivity contribution < 1.29 is 28.0 Å². The van der Waals surface area contributed by atoms with Crippen LogP contribution in [-0.2, 0) is 4.79 Å². The molecule has 6 aromatic rings. The van der Waals surface area contributed by atoms with Gasteiger partial charge in [-0.1, -0.05) is 29.8 Å². The average Bonchev–Trinajstić information content (AvgIpc) is 3.49. The summed E-state index contributed by atoms with van der Waals surface area (Å²) in [6.07, 6.45) is 1.20. The van der Waals surface area contributed by atoms with Crippen LogP contribution >= 0.6 is 11.6 Å². The SMILES string of the molecule is COc1cccc2oc(-c3nc4ccccc4c(=O)n3N=Cc3cc(Cl)c(OCC(=O)Nc4ccc(F)cc4)c([N+](=O)[O-])c3)cc12. The molecule has 0 aliphatic rings. The summed E-state index contributed by atoms with van der Waals surface area (Å²) in [5.74, 6) is -0.616. The summed E-state index contributed by atoms with van der Waals surface area (Å²) < 4.78 is 31.0. The van der Waals surface area contributed by atoms with E-state index in [4.69, 9.17) is 25.5 Å². The Morgan fingerprint density at radius 2 is 1.89 bits per heavy atom. The van der Waals surface area contributed by atoms with Crippen LogP contribution in [0.5, 0.6) is 11.5 Å². The predicted molar refractivity (Wildman–Crippen MR) is 169 cm³/mol. The highest BCUT2D eigenvalue weighted by molar-refractivity contribution is 6.32. The van der Waals surface area contributed by atoms with Crippen LogP contribution in [0.2, 0.25) is 5.02 Å². The highest BCUT2D eigenvalue weighted by atomic mass is 35.5. The highest BCUT2D eigenvalue weighted by Crippen LogP contribution is 2.36. The van der Waals surface area contributed by atoms with Crippen molar-refractivity contribution in [2.75, 3.05) is 19.0 Å². The fraction of sp³-hybridized carbons (Fsp3) is 0.0625. The smallest absolute Gasteiger partial charge is 0.313 e.